The van der Waals surface area contributed by atoms with Gasteiger partial charge in [0, 0.05) is 27.2 Å². The Bertz CT molecular complexity index is 165. The van der Waals surface area contributed by atoms with Crippen LogP contribution in [0.4, 0.5) is 0 Å². The molecular weight excluding hydrogens is 166 g/mol. The maximum Gasteiger partial charge on any atom is 0.273 e. The van der Waals surface area contributed by atoms with Crippen LogP contribution in [0.15, 0.2) is 0 Å². The average molecular weight is 178 g/mol. The van der Waals surface area contributed by atoms with Gasteiger partial charge in [0.25, 0.3) is 5.91 Å². The summed E-state index contributed by atoms with van der Waals surface area (Å²) in [6.45, 7) is 1.45. The standard InChI is InChI=1S/C6H12ClN3O/c1-10(2)5(11)6(7)8-3-4-9-6/h8-9H,3-4H2,1-2H3. The molecule has 0 radical (unpaired) electrons. The SMILES string of the molecule is CN(C)C(=O)C1(Cl)NCCN1. The zero-order valence-electron chi connectivity index (χ0n) is 6.65. The Balaban J connectivity index is 2.64. The predicted octanol–water partition coefficient (Wildman–Crippen LogP) is -0.840. The Kier molecular flexibility index (Phi) is 2.37. The number of amides is 1. The molecule has 64 valence electrons. The third-order valence-corrected chi connectivity index (χ3v) is 1.99. The van der Waals surface area contributed by atoms with E-state index in [0.29, 0.717) is 0 Å². The van der Waals surface area contributed by atoms with Crippen LogP contribution in [0.5, 0.6) is 0 Å². The van der Waals surface area contributed by atoms with Crippen LogP contribution in [0.3, 0.4) is 0 Å². The highest BCUT2D eigenvalue weighted by Gasteiger charge is 2.39. The number of carbonyl (C=O) groups excluding carboxylic acids is 1. The molecule has 1 heterocycles. The van der Waals surface area contributed by atoms with Crippen LogP contribution in [0, 0.1) is 0 Å². The maximum absolute atomic E-state index is 11.3. The Labute approximate surface area is 70.9 Å². The van der Waals surface area contributed by atoms with E-state index in [9.17, 15) is 4.79 Å². The van der Waals surface area contributed by atoms with Gasteiger partial charge in [-0.3, -0.25) is 15.4 Å². The fourth-order valence-corrected chi connectivity index (χ4v) is 1.35. The summed E-state index contributed by atoms with van der Waals surface area (Å²) in [6.07, 6.45) is 0. The second-order valence-electron chi connectivity index (χ2n) is 2.71. The van der Waals surface area contributed by atoms with E-state index in [-0.39, 0.29) is 5.91 Å². The number of hydrogen-bond acceptors (Lipinski definition) is 3. The average Bonchev–Trinajstić information content (AvgIpc) is 2.35. The van der Waals surface area contributed by atoms with Crippen LogP contribution in [-0.2, 0) is 4.79 Å². The number of nitrogens with zero attached hydrogens (tertiary/aromatic N) is 1. The first-order valence-electron chi connectivity index (χ1n) is 3.47. The van der Waals surface area contributed by atoms with Crippen molar-refractivity contribution in [3.63, 3.8) is 0 Å². The molecule has 0 bridgehead atoms. The molecule has 0 unspecified atom stereocenters. The number of halogens is 1. The normalized spacial score (nSPS) is 21.7. The van der Waals surface area contributed by atoms with Gasteiger partial charge in [-0.2, -0.15) is 0 Å². The number of rotatable bonds is 1. The molecule has 1 aliphatic heterocycles. The summed E-state index contributed by atoms with van der Waals surface area (Å²) in [5.41, 5.74) is 0. The van der Waals surface area contributed by atoms with Crippen molar-refractivity contribution >= 4 is 17.5 Å². The first-order valence-corrected chi connectivity index (χ1v) is 3.85. The third-order valence-electron chi connectivity index (χ3n) is 1.56. The molecule has 0 aromatic heterocycles. The molecule has 11 heavy (non-hydrogen) atoms. The second-order valence-corrected chi connectivity index (χ2v) is 3.28. The molecule has 0 atom stereocenters. The van der Waals surface area contributed by atoms with E-state index in [4.69, 9.17) is 11.6 Å². The van der Waals surface area contributed by atoms with Crippen molar-refractivity contribution in [2.75, 3.05) is 27.2 Å². The van der Waals surface area contributed by atoms with Crippen molar-refractivity contribution in [1.29, 1.82) is 0 Å². The predicted molar refractivity (Wildman–Crippen MR) is 43.3 cm³/mol. The van der Waals surface area contributed by atoms with E-state index in [1.807, 2.05) is 0 Å². The number of alkyl halides is 1. The van der Waals surface area contributed by atoms with Gasteiger partial charge in [0.15, 0.2) is 0 Å². The van der Waals surface area contributed by atoms with Gasteiger partial charge in [-0.1, -0.05) is 11.6 Å². The quantitative estimate of drug-likeness (QED) is 0.406. The first-order chi connectivity index (χ1) is 5.06. The second kappa shape index (κ2) is 2.97. The lowest BCUT2D eigenvalue weighted by Gasteiger charge is -2.24. The highest BCUT2D eigenvalue weighted by atomic mass is 35.5. The summed E-state index contributed by atoms with van der Waals surface area (Å²) >= 11 is 5.90. The lowest BCUT2D eigenvalue weighted by atomic mass is 10.4. The minimum atomic E-state index is -1.07. The molecule has 0 aliphatic carbocycles. The van der Waals surface area contributed by atoms with Crippen LogP contribution >= 0.6 is 11.6 Å². The van der Waals surface area contributed by atoms with E-state index in [1.165, 1.54) is 4.90 Å². The summed E-state index contributed by atoms with van der Waals surface area (Å²) in [5.74, 6) is -0.156. The highest BCUT2D eigenvalue weighted by Crippen LogP contribution is 2.12. The van der Waals surface area contributed by atoms with Gasteiger partial charge >= 0.3 is 0 Å². The summed E-state index contributed by atoms with van der Waals surface area (Å²) in [6, 6.07) is 0. The molecule has 1 rings (SSSR count). The number of hydrogen-bond donors (Lipinski definition) is 2. The Morgan fingerprint density at radius 1 is 1.45 bits per heavy atom. The molecule has 0 aromatic rings. The Morgan fingerprint density at radius 3 is 2.27 bits per heavy atom. The van der Waals surface area contributed by atoms with Gasteiger partial charge in [-0.15, -0.1) is 0 Å². The summed E-state index contributed by atoms with van der Waals surface area (Å²) in [4.78, 5) is 12.8. The largest absolute Gasteiger partial charge is 0.345 e. The summed E-state index contributed by atoms with van der Waals surface area (Å²) in [7, 11) is 3.35. The zero-order chi connectivity index (χ0) is 8.48. The van der Waals surface area contributed by atoms with E-state index in [0.717, 1.165) is 13.1 Å². The van der Waals surface area contributed by atoms with E-state index in [2.05, 4.69) is 10.6 Å². The molecule has 0 saturated carbocycles. The van der Waals surface area contributed by atoms with Crippen LogP contribution in [0.2, 0.25) is 0 Å². The molecule has 4 nitrogen and oxygen atoms in total. The van der Waals surface area contributed by atoms with Gasteiger partial charge in [0.1, 0.15) is 0 Å². The van der Waals surface area contributed by atoms with Gasteiger partial charge < -0.3 is 4.90 Å². The van der Waals surface area contributed by atoms with Crippen LogP contribution in [-0.4, -0.2) is 43.1 Å². The molecule has 1 saturated heterocycles. The molecule has 1 fully saturated rings. The molecular formula is C6H12ClN3O. The summed E-state index contributed by atoms with van der Waals surface area (Å²) < 4.78 is 0. The number of likely N-dealkylation sites (N-methyl/N-ethyl adjacent to an activating group) is 1. The van der Waals surface area contributed by atoms with Crippen molar-refractivity contribution in [3.8, 4) is 0 Å². The highest BCUT2D eigenvalue weighted by molar-refractivity contribution is 6.34. The number of nitrogens with one attached hydrogen (secondary N) is 2. The monoisotopic (exact) mass is 177 g/mol. The summed E-state index contributed by atoms with van der Waals surface area (Å²) in [5, 5.41) is 4.69. The van der Waals surface area contributed by atoms with Crippen LogP contribution < -0.4 is 10.6 Å². The van der Waals surface area contributed by atoms with Crippen molar-refractivity contribution in [2.45, 2.75) is 5.12 Å². The Morgan fingerprint density at radius 2 is 1.91 bits per heavy atom. The fraction of sp³-hybridized carbons (Fsp3) is 0.833. The fourth-order valence-electron chi connectivity index (χ4n) is 0.991. The maximum atomic E-state index is 11.3. The van der Waals surface area contributed by atoms with Gasteiger partial charge in [-0.25, -0.2) is 0 Å². The molecule has 5 heteroatoms. The van der Waals surface area contributed by atoms with Crippen LogP contribution in [0.25, 0.3) is 0 Å². The minimum absolute atomic E-state index is 0.156. The lowest BCUT2D eigenvalue weighted by Crippen LogP contribution is -2.55. The molecule has 0 aromatic carbocycles. The van der Waals surface area contributed by atoms with Crippen LogP contribution in [0.1, 0.15) is 0 Å². The van der Waals surface area contributed by atoms with Gasteiger partial charge in [0.2, 0.25) is 5.12 Å². The first kappa shape index (κ1) is 8.77. The third kappa shape index (κ3) is 1.64. The van der Waals surface area contributed by atoms with Gasteiger partial charge in [0.05, 0.1) is 0 Å². The molecule has 1 aliphatic rings. The van der Waals surface area contributed by atoms with Crippen molar-refractivity contribution in [1.82, 2.24) is 15.5 Å². The Hall–Kier alpha value is -0.320. The number of carbonyl (C=O) groups is 1. The topological polar surface area (TPSA) is 44.4 Å². The molecule has 2 N–H and O–H groups in total. The van der Waals surface area contributed by atoms with Gasteiger partial charge in [-0.05, 0) is 0 Å². The zero-order valence-corrected chi connectivity index (χ0v) is 7.40. The molecule has 0 spiro atoms. The lowest BCUT2D eigenvalue weighted by molar-refractivity contribution is -0.132. The van der Waals surface area contributed by atoms with E-state index >= 15 is 0 Å². The van der Waals surface area contributed by atoms with Crippen molar-refractivity contribution in [2.24, 2.45) is 0 Å². The van der Waals surface area contributed by atoms with E-state index < -0.39 is 5.12 Å². The molecule has 1 amide bonds. The van der Waals surface area contributed by atoms with Crippen molar-refractivity contribution in [3.05, 3.63) is 0 Å². The van der Waals surface area contributed by atoms with Crippen molar-refractivity contribution < 1.29 is 4.79 Å². The van der Waals surface area contributed by atoms with E-state index in [1.54, 1.807) is 14.1 Å². The minimum Gasteiger partial charge on any atom is -0.345 e. The smallest absolute Gasteiger partial charge is 0.273 e.